The van der Waals surface area contributed by atoms with Crippen molar-refractivity contribution in [3.63, 3.8) is 0 Å². The van der Waals surface area contributed by atoms with Crippen LogP contribution in [0.1, 0.15) is 15.2 Å². The number of carbonyl (C=O) groups is 2. The predicted molar refractivity (Wildman–Crippen MR) is 47.0 cm³/mol. The van der Waals surface area contributed by atoms with Crippen LogP contribution in [0.4, 0.5) is 0 Å². The molecule has 5 heteroatoms. The minimum Gasteiger partial charge on any atom is -0.481 e. The third-order valence-corrected chi connectivity index (χ3v) is 2.35. The number of aliphatic carboxylic acids is 1. The molecule has 0 aliphatic heterocycles. The lowest BCUT2D eigenvalue weighted by molar-refractivity contribution is -0.136. The first-order valence-electron chi connectivity index (χ1n) is 3.51. The van der Waals surface area contributed by atoms with Gasteiger partial charge in [-0.15, -0.1) is 11.3 Å². The maximum Gasteiger partial charge on any atom is 0.348 e. The zero-order valence-corrected chi connectivity index (χ0v) is 7.76. The second kappa shape index (κ2) is 4.04. The number of hydrogen-bond acceptors (Lipinski definition) is 4. The van der Waals surface area contributed by atoms with Crippen molar-refractivity contribution in [3.8, 4) is 0 Å². The van der Waals surface area contributed by atoms with Crippen LogP contribution in [0.2, 0.25) is 0 Å². The molecule has 1 N–H and O–H groups in total. The fraction of sp³-hybridized carbons (Fsp3) is 0.250. The number of methoxy groups -OCH3 is 1. The molecule has 0 radical (unpaired) electrons. The smallest absolute Gasteiger partial charge is 0.348 e. The van der Waals surface area contributed by atoms with Gasteiger partial charge in [0.05, 0.1) is 13.5 Å². The van der Waals surface area contributed by atoms with Crippen LogP contribution >= 0.6 is 11.3 Å². The average molecular weight is 200 g/mol. The molecule has 0 saturated carbocycles. The quantitative estimate of drug-likeness (QED) is 0.744. The van der Waals surface area contributed by atoms with E-state index in [0.717, 1.165) is 0 Å². The van der Waals surface area contributed by atoms with Crippen LogP contribution in [0.3, 0.4) is 0 Å². The highest BCUT2D eigenvalue weighted by Gasteiger charge is 2.10. The first-order valence-corrected chi connectivity index (χ1v) is 4.39. The monoisotopic (exact) mass is 200 g/mol. The van der Waals surface area contributed by atoms with Crippen molar-refractivity contribution in [2.75, 3.05) is 7.11 Å². The van der Waals surface area contributed by atoms with Crippen molar-refractivity contribution in [1.29, 1.82) is 0 Å². The van der Waals surface area contributed by atoms with Crippen LogP contribution in [0, 0.1) is 0 Å². The van der Waals surface area contributed by atoms with Gasteiger partial charge in [-0.2, -0.15) is 0 Å². The summed E-state index contributed by atoms with van der Waals surface area (Å²) in [5.41, 5.74) is 0.623. The van der Waals surface area contributed by atoms with E-state index in [2.05, 4.69) is 4.74 Å². The van der Waals surface area contributed by atoms with E-state index in [0.29, 0.717) is 10.4 Å². The fourth-order valence-corrected chi connectivity index (χ4v) is 1.68. The van der Waals surface area contributed by atoms with Crippen molar-refractivity contribution in [2.24, 2.45) is 0 Å². The maximum absolute atomic E-state index is 11.0. The van der Waals surface area contributed by atoms with Gasteiger partial charge in [-0.05, 0) is 17.0 Å². The van der Waals surface area contributed by atoms with Crippen molar-refractivity contribution < 1.29 is 19.4 Å². The van der Waals surface area contributed by atoms with Crippen LogP contribution in [0.5, 0.6) is 0 Å². The highest BCUT2D eigenvalue weighted by molar-refractivity contribution is 7.12. The lowest BCUT2D eigenvalue weighted by Gasteiger charge is -1.91. The van der Waals surface area contributed by atoms with E-state index in [1.54, 1.807) is 5.38 Å². The molecule has 0 spiro atoms. The van der Waals surface area contributed by atoms with E-state index in [1.807, 2.05) is 0 Å². The molecule has 0 atom stereocenters. The molecule has 13 heavy (non-hydrogen) atoms. The third kappa shape index (κ3) is 2.55. The molecular formula is C8H8O4S. The molecule has 0 bridgehead atoms. The van der Waals surface area contributed by atoms with Crippen molar-refractivity contribution in [3.05, 3.63) is 21.9 Å². The molecule has 0 unspecified atom stereocenters. The Labute approximate surface area is 78.8 Å². The Morgan fingerprint density at radius 2 is 2.31 bits per heavy atom. The number of carbonyl (C=O) groups excluding carboxylic acids is 1. The zero-order chi connectivity index (χ0) is 9.84. The first kappa shape index (κ1) is 9.73. The zero-order valence-electron chi connectivity index (χ0n) is 6.94. The summed E-state index contributed by atoms with van der Waals surface area (Å²) in [6.07, 6.45) is -0.0620. The summed E-state index contributed by atoms with van der Waals surface area (Å²) in [4.78, 5) is 21.7. The molecule has 1 heterocycles. The van der Waals surface area contributed by atoms with Gasteiger partial charge in [-0.25, -0.2) is 4.79 Å². The van der Waals surface area contributed by atoms with Crippen LogP contribution < -0.4 is 0 Å². The predicted octanol–water partition coefficient (Wildman–Crippen LogP) is 1.16. The average Bonchev–Trinajstić information content (AvgIpc) is 2.50. The van der Waals surface area contributed by atoms with Gasteiger partial charge in [-0.1, -0.05) is 0 Å². The van der Waals surface area contributed by atoms with E-state index >= 15 is 0 Å². The van der Waals surface area contributed by atoms with Gasteiger partial charge in [0.15, 0.2) is 0 Å². The molecule has 0 saturated heterocycles. The highest BCUT2D eigenvalue weighted by atomic mass is 32.1. The Hall–Kier alpha value is -1.36. The number of esters is 1. The largest absolute Gasteiger partial charge is 0.481 e. The molecule has 0 aliphatic carbocycles. The number of hydrogen-bond donors (Lipinski definition) is 1. The lowest BCUT2D eigenvalue weighted by atomic mass is 10.2. The summed E-state index contributed by atoms with van der Waals surface area (Å²) < 4.78 is 4.48. The van der Waals surface area contributed by atoms with Gasteiger partial charge >= 0.3 is 11.9 Å². The minimum atomic E-state index is -0.908. The third-order valence-electron chi connectivity index (χ3n) is 1.40. The first-order chi connectivity index (χ1) is 6.13. The van der Waals surface area contributed by atoms with Gasteiger partial charge < -0.3 is 9.84 Å². The van der Waals surface area contributed by atoms with Crippen LogP contribution in [0.15, 0.2) is 11.4 Å². The van der Waals surface area contributed by atoms with Crippen molar-refractivity contribution >= 4 is 23.3 Å². The Bertz CT molecular complexity index is 329. The van der Waals surface area contributed by atoms with E-state index in [1.165, 1.54) is 24.5 Å². The summed E-state index contributed by atoms with van der Waals surface area (Å²) in [7, 11) is 1.29. The second-order valence-electron chi connectivity index (χ2n) is 2.38. The lowest BCUT2D eigenvalue weighted by Crippen LogP contribution is -2.00. The minimum absolute atomic E-state index is 0.0620. The number of carboxylic acids is 1. The van der Waals surface area contributed by atoms with Gasteiger partial charge in [0.1, 0.15) is 4.88 Å². The Morgan fingerprint density at radius 1 is 1.62 bits per heavy atom. The van der Waals surface area contributed by atoms with Crippen LogP contribution in [0.25, 0.3) is 0 Å². The number of rotatable bonds is 3. The Kier molecular flexibility index (Phi) is 3.02. The number of carboxylic acid groups (broad SMARTS) is 1. The molecule has 70 valence electrons. The summed E-state index contributed by atoms with van der Waals surface area (Å²) in [5.74, 6) is -1.34. The molecule has 0 aliphatic rings. The topological polar surface area (TPSA) is 63.6 Å². The van der Waals surface area contributed by atoms with Gasteiger partial charge in [0, 0.05) is 0 Å². The molecule has 0 aromatic carbocycles. The number of ether oxygens (including phenoxy) is 1. The van der Waals surface area contributed by atoms with E-state index in [-0.39, 0.29) is 6.42 Å². The van der Waals surface area contributed by atoms with E-state index in [4.69, 9.17) is 5.11 Å². The van der Waals surface area contributed by atoms with Crippen molar-refractivity contribution in [2.45, 2.75) is 6.42 Å². The number of thiophene rings is 1. The maximum atomic E-state index is 11.0. The van der Waals surface area contributed by atoms with Crippen LogP contribution in [-0.4, -0.2) is 24.2 Å². The molecule has 4 nitrogen and oxygen atoms in total. The Balaban J connectivity index is 2.74. The molecule has 1 aromatic rings. The summed E-state index contributed by atoms with van der Waals surface area (Å²) in [6.45, 7) is 0. The van der Waals surface area contributed by atoms with Crippen LogP contribution in [-0.2, 0) is 16.0 Å². The second-order valence-corrected chi connectivity index (χ2v) is 3.29. The normalized spacial score (nSPS) is 9.62. The summed E-state index contributed by atoms with van der Waals surface area (Å²) in [5, 5.41) is 10.1. The molecule has 1 aromatic heterocycles. The SMILES string of the molecule is COC(=O)c1cc(CC(=O)O)cs1. The van der Waals surface area contributed by atoms with Crippen molar-refractivity contribution in [1.82, 2.24) is 0 Å². The van der Waals surface area contributed by atoms with Gasteiger partial charge in [-0.3, -0.25) is 4.79 Å². The standard InChI is InChI=1S/C8H8O4S/c1-12-8(11)6-2-5(4-13-6)3-7(9)10/h2,4H,3H2,1H3,(H,9,10). The Morgan fingerprint density at radius 3 is 2.85 bits per heavy atom. The van der Waals surface area contributed by atoms with Gasteiger partial charge in [0.2, 0.25) is 0 Å². The van der Waals surface area contributed by atoms with E-state index in [9.17, 15) is 9.59 Å². The highest BCUT2D eigenvalue weighted by Crippen LogP contribution is 2.15. The summed E-state index contributed by atoms with van der Waals surface area (Å²) >= 11 is 1.19. The van der Waals surface area contributed by atoms with Gasteiger partial charge in [0.25, 0.3) is 0 Å². The van der Waals surface area contributed by atoms with E-state index < -0.39 is 11.9 Å². The fourth-order valence-electron chi connectivity index (χ4n) is 0.851. The molecule has 0 fully saturated rings. The molecule has 0 amide bonds. The molecular weight excluding hydrogens is 192 g/mol. The molecule has 1 rings (SSSR count). The summed E-state index contributed by atoms with van der Waals surface area (Å²) in [6, 6.07) is 1.53.